The van der Waals surface area contributed by atoms with Gasteiger partial charge in [-0.05, 0) is 53.9 Å². The lowest BCUT2D eigenvalue weighted by Gasteiger charge is -2.12. The zero-order chi connectivity index (χ0) is 9.05. The van der Waals surface area contributed by atoms with E-state index in [1.165, 1.54) is 23.7 Å². The molecule has 0 saturated heterocycles. The van der Waals surface area contributed by atoms with Crippen molar-refractivity contribution in [3.63, 3.8) is 0 Å². The molecule has 1 atom stereocenters. The average Bonchev–Trinajstić information content (AvgIpc) is 2.83. The summed E-state index contributed by atoms with van der Waals surface area (Å²) in [5, 5.41) is 0. The number of fused-ring (bicyclic) bond motifs is 1. The van der Waals surface area contributed by atoms with Crippen molar-refractivity contribution < 1.29 is 0 Å². The van der Waals surface area contributed by atoms with E-state index in [2.05, 4.69) is 41.1 Å². The molecule has 0 radical (unpaired) electrons. The largest absolute Gasteiger partial charge is 0.0579 e. The third-order valence-corrected chi connectivity index (χ3v) is 4.42. The van der Waals surface area contributed by atoms with Crippen molar-refractivity contribution in [2.45, 2.75) is 32.1 Å². The lowest BCUT2D eigenvalue weighted by molar-refractivity contribution is 0.463. The smallest absolute Gasteiger partial charge is 0.0178 e. The molecule has 13 heavy (non-hydrogen) atoms. The Morgan fingerprint density at radius 3 is 2.85 bits per heavy atom. The van der Waals surface area contributed by atoms with Crippen LogP contribution < -0.4 is 0 Å². The van der Waals surface area contributed by atoms with E-state index in [4.69, 9.17) is 0 Å². The first-order chi connectivity index (χ1) is 6.21. The van der Waals surface area contributed by atoms with Crippen LogP contribution in [0.5, 0.6) is 0 Å². The molecule has 0 amide bonds. The topological polar surface area (TPSA) is 0 Å². The molecule has 1 aromatic carbocycles. The fourth-order valence-electron chi connectivity index (χ4n) is 2.76. The van der Waals surface area contributed by atoms with Crippen LogP contribution in [0.2, 0.25) is 0 Å². The first-order valence-corrected chi connectivity index (χ1v) is 5.79. The second kappa shape index (κ2) is 2.38. The number of benzene rings is 1. The van der Waals surface area contributed by atoms with Crippen LogP contribution in [0.25, 0.3) is 0 Å². The molecule has 1 heteroatoms. The summed E-state index contributed by atoms with van der Waals surface area (Å²) in [5.74, 6) is 0.792. The number of hydrogen-bond donors (Lipinski definition) is 0. The highest BCUT2D eigenvalue weighted by atomic mass is 79.9. The second-order valence-corrected chi connectivity index (χ2v) is 5.52. The standard InChI is InChI=1S/C12H13Br/c1-8-11-6-10(13)3-2-9(11)7-12(8)4-5-12/h2-3,6,8H,4-5,7H2,1H3. The number of halogens is 1. The maximum absolute atomic E-state index is 3.55. The van der Waals surface area contributed by atoms with Gasteiger partial charge in [-0.15, -0.1) is 0 Å². The molecule has 1 unspecified atom stereocenters. The van der Waals surface area contributed by atoms with Crippen molar-refractivity contribution in [3.8, 4) is 0 Å². The summed E-state index contributed by atoms with van der Waals surface area (Å²) < 4.78 is 1.23. The number of hydrogen-bond acceptors (Lipinski definition) is 0. The van der Waals surface area contributed by atoms with Crippen molar-refractivity contribution in [3.05, 3.63) is 33.8 Å². The molecule has 0 aromatic heterocycles. The average molecular weight is 237 g/mol. The van der Waals surface area contributed by atoms with E-state index >= 15 is 0 Å². The minimum atomic E-state index is 0.684. The van der Waals surface area contributed by atoms with Gasteiger partial charge in [0, 0.05) is 4.47 Å². The molecular formula is C12H13Br. The maximum Gasteiger partial charge on any atom is 0.0178 e. The number of rotatable bonds is 0. The summed E-state index contributed by atoms with van der Waals surface area (Å²) >= 11 is 3.55. The van der Waals surface area contributed by atoms with Gasteiger partial charge in [-0.25, -0.2) is 0 Å². The molecule has 0 heterocycles. The van der Waals surface area contributed by atoms with Gasteiger partial charge in [-0.2, -0.15) is 0 Å². The summed E-state index contributed by atoms with van der Waals surface area (Å²) in [6, 6.07) is 6.78. The molecule has 2 aliphatic carbocycles. The van der Waals surface area contributed by atoms with Crippen LogP contribution in [-0.4, -0.2) is 0 Å². The first kappa shape index (κ1) is 8.05. The quantitative estimate of drug-likeness (QED) is 0.642. The Morgan fingerprint density at radius 2 is 2.15 bits per heavy atom. The van der Waals surface area contributed by atoms with E-state index in [0.717, 1.165) is 5.92 Å². The van der Waals surface area contributed by atoms with Crippen LogP contribution in [0.3, 0.4) is 0 Å². The summed E-state index contributed by atoms with van der Waals surface area (Å²) in [5.41, 5.74) is 3.86. The van der Waals surface area contributed by atoms with E-state index in [1.807, 2.05) is 0 Å². The van der Waals surface area contributed by atoms with Gasteiger partial charge in [0.05, 0.1) is 0 Å². The van der Waals surface area contributed by atoms with E-state index in [0.29, 0.717) is 5.41 Å². The Hall–Kier alpha value is -0.300. The highest BCUT2D eigenvalue weighted by Gasteiger charge is 2.52. The Morgan fingerprint density at radius 1 is 1.38 bits per heavy atom. The Balaban J connectivity index is 2.12. The van der Waals surface area contributed by atoms with Gasteiger partial charge in [0.1, 0.15) is 0 Å². The minimum Gasteiger partial charge on any atom is -0.0579 e. The van der Waals surface area contributed by atoms with Crippen molar-refractivity contribution >= 4 is 15.9 Å². The summed E-state index contributed by atoms with van der Waals surface area (Å²) in [6.07, 6.45) is 4.22. The van der Waals surface area contributed by atoms with Crippen molar-refractivity contribution in [1.82, 2.24) is 0 Å². The molecule has 0 bridgehead atoms. The molecule has 1 fully saturated rings. The van der Waals surface area contributed by atoms with Crippen LogP contribution in [0.1, 0.15) is 36.8 Å². The van der Waals surface area contributed by atoms with Gasteiger partial charge in [0.15, 0.2) is 0 Å². The molecule has 1 saturated carbocycles. The predicted molar refractivity (Wildman–Crippen MR) is 57.9 cm³/mol. The fourth-order valence-corrected chi connectivity index (χ4v) is 3.14. The van der Waals surface area contributed by atoms with E-state index in [9.17, 15) is 0 Å². The molecule has 0 N–H and O–H groups in total. The molecule has 0 nitrogen and oxygen atoms in total. The van der Waals surface area contributed by atoms with Crippen LogP contribution >= 0.6 is 15.9 Å². The van der Waals surface area contributed by atoms with Gasteiger partial charge < -0.3 is 0 Å². The molecule has 1 aromatic rings. The van der Waals surface area contributed by atoms with Gasteiger partial charge >= 0.3 is 0 Å². The summed E-state index contributed by atoms with van der Waals surface area (Å²) in [6.45, 7) is 2.39. The van der Waals surface area contributed by atoms with Gasteiger partial charge in [-0.1, -0.05) is 28.9 Å². The van der Waals surface area contributed by atoms with Gasteiger partial charge in [0.2, 0.25) is 0 Å². The third-order valence-electron chi connectivity index (χ3n) is 3.93. The lowest BCUT2D eigenvalue weighted by atomic mass is 9.92. The highest BCUT2D eigenvalue weighted by molar-refractivity contribution is 9.10. The SMILES string of the molecule is CC1c2cc(Br)ccc2CC12CC2. The van der Waals surface area contributed by atoms with E-state index in [-0.39, 0.29) is 0 Å². The maximum atomic E-state index is 3.55. The molecule has 68 valence electrons. The lowest BCUT2D eigenvalue weighted by Crippen LogP contribution is -2.03. The molecular weight excluding hydrogens is 224 g/mol. The normalized spacial score (nSPS) is 27.7. The molecule has 2 aliphatic rings. The van der Waals surface area contributed by atoms with Crippen molar-refractivity contribution in [2.24, 2.45) is 5.41 Å². The first-order valence-electron chi connectivity index (χ1n) is 5.00. The zero-order valence-electron chi connectivity index (χ0n) is 7.81. The Labute approximate surface area is 87.5 Å². The van der Waals surface area contributed by atoms with Crippen LogP contribution in [0.15, 0.2) is 22.7 Å². The van der Waals surface area contributed by atoms with Crippen LogP contribution in [0.4, 0.5) is 0 Å². The van der Waals surface area contributed by atoms with E-state index < -0.39 is 0 Å². The highest BCUT2D eigenvalue weighted by Crippen LogP contribution is 2.62. The molecule has 1 spiro atoms. The molecule has 0 aliphatic heterocycles. The van der Waals surface area contributed by atoms with Gasteiger partial charge in [0.25, 0.3) is 0 Å². The van der Waals surface area contributed by atoms with E-state index in [1.54, 1.807) is 11.1 Å². The predicted octanol–water partition coefficient (Wildman–Crippen LogP) is 3.89. The Kier molecular flexibility index (Phi) is 1.48. The summed E-state index contributed by atoms with van der Waals surface area (Å²) in [7, 11) is 0. The fraction of sp³-hybridized carbons (Fsp3) is 0.500. The van der Waals surface area contributed by atoms with Crippen LogP contribution in [-0.2, 0) is 6.42 Å². The van der Waals surface area contributed by atoms with Crippen molar-refractivity contribution in [2.75, 3.05) is 0 Å². The monoisotopic (exact) mass is 236 g/mol. The van der Waals surface area contributed by atoms with Crippen LogP contribution in [0, 0.1) is 5.41 Å². The third kappa shape index (κ3) is 1.03. The second-order valence-electron chi connectivity index (χ2n) is 4.60. The van der Waals surface area contributed by atoms with Gasteiger partial charge in [-0.3, -0.25) is 0 Å². The molecule has 3 rings (SSSR count). The summed E-state index contributed by atoms with van der Waals surface area (Å²) in [4.78, 5) is 0. The zero-order valence-corrected chi connectivity index (χ0v) is 9.39. The van der Waals surface area contributed by atoms with Crippen molar-refractivity contribution in [1.29, 1.82) is 0 Å². The Bertz CT molecular complexity index is 363. The minimum absolute atomic E-state index is 0.684.